The third kappa shape index (κ3) is 5.16. The first kappa shape index (κ1) is 16.0. The van der Waals surface area contributed by atoms with Crippen LogP contribution in [0.3, 0.4) is 0 Å². The first-order chi connectivity index (χ1) is 10.2. The number of nitrogens with one attached hydrogen (secondary N) is 1. The van der Waals surface area contributed by atoms with E-state index in [2.05, 4.69) is 43.4 Å². The maximum Gasteiger partial charge on any atom is 0.0953 e. The molecule has 0 fully saturated rings. The van der Waals surface area contributed by atoms with Crippen LogP contribution in [-0.4, -0.2) is 13.1 Å². The van der Waals surface area contributed by atoms with Crippen LogP contribution in [0.4, 0.5) is 0 Å². The minimum atomic E-state index is 0.0459. The highest BCUT2D eigenvalue weighted by atomic mass is 35.5. The van der Waals surface area contributed by atoms with Crippen LogP contribution in [0, 0.1) is 6.92 Å². The van der Waals surface area contributed by atoms with Crippen molar-refractivity contribution in [2.24, 2.45) is 0 Å². The molecular weight excluding hydrogens is 282 g/mol. The van der Waals surface area contributed by atoms with E-state index < -0.39 is 0 Å². The van der Waals surface area contributed by atoms with Crippen LogP contribution in [0.1, 0.15) is 29.7 Å². The van der Waals surface area contributed by atoms with Crippen molar-refractivity contribution >= 4 is 11.6 Å². The lowest BCUT2D eigenvalue weighted by molar-refractivity contribution is 0.0401. The van der Waals surface area contributed by atoms with Gasteiger partial charge in [-0.05, 0) is 36.7 Å². The summed E-state index contributed by atoms with van der Waals surface area (Å²) in [6.07, 6.45) is 0.0459. The second kappa shape index (κ2) is 8.18. The molecule has 2 aromatic carbocycles. The van der Waals surface area contributed by atoms with Gasteiger partial charge in [0.2, 0.25) is 0 Å². The van der Waals surface area contributed by atoms with E-state index in [0.29, 0.717) is 6.61 Å². The molecule has 2 rings (SSSR count). The number of halogens is 1. The molecule has 21 heavy (non-hydrogen) atoms. The van der Waals surface area contributed by atoms with Crippen molar-refractivity contribution in [1.82, 2.24) is 5.32 Å². The maximum atomic E-state index is 6.09. The first-order valence-electron chi connectivity index (χ1n) is 7.32. The summed E-state index contributed by atoms with van der Waals surface area (Å²) in [5.41, 5.74) is 3.55. The summed E-state index contributed by atoms with van der Waals surface area (Å²) in [4.78, 5) is 0. The van der Waals surface area contributed by atoms with E-state index in [1.807, 2.05) is 24.3 Å². The Morgan fingerprint density at radius 1 is 1.14 bits per heavy atom. The van der Waals surface area contributed by atoms with Crippen molar-refractivity contribution in [2.45, 2.75) is 26.6 Å². The van der Waals surface area contributed by atoms with Crippen LogP contribution in [0.2, 0.25) is 5.02 Å². The highest BCUT2D eigenvalue weighted by molar-refractivity contribution is 6.30. The predicted molar refractivity (Wildman–Crippen MR) is 88.7 cm³/mol. The summed E-state index contributed by atoms with van der Waals surface area (Å²) < 4.78 is 6.09. The highest BCUT2D eigenvalue weighted by Crippen LogP contribution is 2.20. The lowest BCUT2D eigenvalue weighted by Gasteiger charge is -2.19. The number of benzene rings is 2. The van der Waals surface area contributed by atoms with Crippen molar-refractivity contribution in [2.75, 3.05) is 13.1 Å². The van der Waals surface area contributed by atoms with E-state index in [9.17, 15) is 0 Å². The number of rotatable bonds is 7. The average molecular weight is 304 g/mol. The van der Waals surface area contributed by atoms with Gasteiger partial charge in [0, 0.05) is 11.6 Å². The minimum Gasteiger partial charge on any atom is -0.368 e. The van der Waals surface area contributed by atoms with Gasteiger partial charge in [0.25, 0.3) is 0 Å². The van der Waals surface area contributed by atoms with Crippen LogP contribution in [-0.2, 0) is 11.3 Å². The molecule has 3 heteroatoms. The quantitative estimate of drug-likeness (QED) is 0.812. The van der Waals surface area contributed by atoms with Crippen molar-refractivity contribution < 1.29 is 4.74 Å². The molecule has 0 saturated heterocycles. The van der Waals surface area contributed by atoms with E-state index in [4.69, 9.17) is 16.3 Å². The third-order valence-electron chi connectivity index (χ3n) is 3.37. The molecule has 112 valence electrons. The Morgan fingerprint density at radius 2 is 1.90 bits per heavy atom. The molecule has 0 amide bonds. The fourth-order valence-electron chi connectivity index (χ4n) is 2.15. The molecule has 0 aliphatic rings. The molecular formula is C18H22ClNO. The smallest absolute Gasteiger partial charge is 0.0953 e. The van der Waals surface area contributed by atoms with Crippen LogP contribution >= 0.6 is 11.6 Å². The van der Waals surface area contributed by atoms with Crippen molar-refractivity contribution in [1.29, 1.82) is 0 Å². The molecule has 2 nitrogen and oxygen atoms in total. The monoisotopic (exact) mass is 303 g/mol. The molecule has 1 unspecified atom stereocenters. The number of likely N-dealkylation sites (N-methyl/N-ethyl adjacent to an activating group) is 1. The second-order valence-electron chi connectivity index (χ2n) is 5.15. The maximum absolute atomic E-state index is 6.09. The van der Waals surface area contributed by atoms with Gasteiger partial charge in [-0.15, -0.1) is 0 Å². The molecule has 1 atom stereocenters. The number of hydrogen-bond donors (Lipinski definition) is 1. The SMILES string of the molecule is CCNCC(OCc1cccc(Cl)c1)c1ccc(C)cc1. The summed E-state index contributed by atoms with van der Waals surface area (Å²) in [5, 5.41) is 4.10. The number of hydrogen-bond acceptors (Lipinski definition) is 2. The Hall–Kier alpha value is -1.35. The van der Waals surface area contributed by atoms with Crippen molar-refractivity contribution in [3.8, 4) is 0 Å². The van der Waals surface area contributed by atoms with Crippen LogP contribution in [0.15, 0.2) is 48.5 Å². The Labute approximate surface area is 132 Å². The Bertz CT molecular complexity index is 553. The lowest BCUT2D eigenvalue weighted by Crippen LogP contribution is -2.23. The van der Waals surface area contributed by atoms with Gasteiger partial charge in [0.15, 0.2) is 0 Å². The average Bonchev–Trinajstić information content (AvgIpc) is 2.49. The van der Waals surface area contributed by atoms with E-state index in [1.54, 1.807) is 0 Å². The largest absolute Gasteiger partial charge is 0.368 e. The van der Waals surface area contributed by atoms with Gasteiger partial charge >= 0.3 is 0 Å². The Balaban J connectivity index is 2.04. The molecule has 0 aliphatic carbocycles. The summed E-state index contributed by atoms with van der Waals surface area (Å²) in [6, 6.07) is 16.3. The molecule has 0 aliphatic heterocycles. The van der Waals surface area contributed by atoms with Gasteiger partial charge in [-0.2, -0.15) is 0 Å². The molecule has 2 aromatic rings. The van der Waals surface area contributed by atoms with E-state index in [0.717, 1.165) is 23.7 Å². The summed E-state index contributed by atoms with van der Waals surface area (Å²) in [6.45, 7) is 6.49. The normalized spacial score (nSPS) is 12.3. The molecule has 0 bridgehead atoms. The van der Waals surface area contributed by atoms with Gasteiger partial charge in [-0.1, -0.05) is 60.5 Å². The zero-order valence-electron chi connectivity index (χ0n) is 12.6. The zero-order valence-corrected chi connectivity index (χ0v) is 13.4. The molecule has 0 heterocycles. The minimum absolute atomic E-state index is 0.0459. The van der Waals surface area contributed by atoms with E-state index in [-0.39, 0.29) is 6.10 Å². The molecule has 0 spiro atoms. The molecule has 0 radical (unpaired) electrons. The Morgan fingerprint density at radius 3 is 2.57 bits per heavy atom. The second-order valence-corrected chi connectivity index (χ2v) is 5.58. The fourth-order valence-corrected chi connectivity index (χ4v) is 2.37. The van der Waals surface area contributed by atoms with Crippen molar-refractivity contribution in [3.05, 3.63) is 70.2 Å². The van der Waals surface area contributed by atoms with Gasteiger partial charge in [-0.3, -0.25) is 0 Å². The third-order valence-corrected chi connectivity index (χ3v) is 3.60. The zero-order chi connectivity index (χ0) is 15.1. The van der Waals surface area contributed by atoms with Gasteiger partial charge in [0.05, 0.1) is 12.7 Å². The number of aryl methyl sites for hydroxylation is 1. The van der Waals surface area contributed by atoms with Crippen LogP contribution in [0.25, 0.3) is 0 Å². The van der Waals surface area contributed by atoms with Crippen LogP contribution in [0.5, 0.6) is 0 Å². The summed E-state index contributed by atoms with van der Waals surface area (Å²) in [5.74, 6) is 0. The lowest BCUT2D eigenvalue weighted by atomic mass is 10.1. The summed E-state index contributed by atoms with van der Waals surface area (Å²) >= 11 is 6.01. The molecule has 0 saturated carbocycles. The summed E-state index contributed by atoms with van der Waals surface area (Å²) in [7, 11) is 0. The van der Waals surface area contributed by atoms with Crippen molar-refractivity contribution in [3.63, 3.8) is 0 Å². The predicted octanol–water partition coefficient (Wildman–Crippen LogP) is 4.52. The number of ether oxygens (including phenoxy) is 1. The fraction of sp³-hybridized carbons (Fsp3) is 0.333. The Kier molecular flexibility index (Phi) is 6.24. The van der Waals surface area contributed by atoms with E-state index >= 15 is 0 Å². The van der Waals surface area contributed by atoms with E-state index in [1.165, 1.54) is 11.1 Å². The molecule has 1 N–H and O–H groups in total. The van der Waals surface area contributed by atoms with Gasteiger partial charge in [0.1, 0.15) is 0 Å². The van der Waals surface area contributed by atoms with Gasteiger partial charge < -0.3 is 10.1 Å². The van der Waals surface area contributed by atoms with Gasteiger partial charge in [-0.25, -0.2) is 0 Å². The topological polar surface area (TPSA) is 21.3 Å². The highest BCUT2D eigenvalue weighted by Gasteiger charge is 2.11. The standard InChI is InChI=1S/C18H22ClNO/c1-3-20-12-18(16-9-7-14(2)8-10-16)21-13-15-5-4-6-17(19)11-15/h4-11,18,20H,3,12-13H2,1-2H3. The molecule has 0 aromatic heterocycles. The first-order valence-corrected chi connectivity index (χ1v) is 7.70. The van der Waals surface area contributed by atoms with Crippen LogP contribution < -0.4 is 5.32 Å².